The molecule has 2 atom stereocenters. The van der Waals surface area contributed by atoms with Crippen molar-refractivity contribution < 1.29 is 9.13 Å². The number of piperidine rings is 1. The molecular formula is C13H18FNO. The molecule has 1 aliphatic rings. The largest absolute Gasteiger partial charge is 0.496 e. The van der Waals surface area contributed by atoms with Crippen LogP contribution in [0.4, 0.5) is 4.39 Å². The van der Waals surface area contributed by atoms with E-state index in [2.05, 4.69) is 12.2 Å². The first-order valence-corrected chi connectivity index (χ1v) is 5.76. The summed E-state index contributed by atoms with van der Waals surface area (Å²) < 4.78 is 18.6. The number of hydrogen-bond acceptors (Lipinski definition) is 2. The zero-order valence-corrected chi connectivity index (χ0v) is 9.79. The number of nitrogens with one attached hydrogen (secondary N) is 1. The Labute approximate surface area is 95.8 Å². The van der Waals surface area contributed by atoms with E-state index in [4.69, 9.17) is 4.74 Å². The molecule has 1 aliphatic heterocycles. The van der Waals surface area contributed by atoms with Crippen molar-refractivity contribution in [3.05, 3.63) is 29.6 Å². The summed E-state index contributed by atoms with van der Waals surface area (Å²) in [5, 5.41) is 3.35. The van der Waals surface area contributed by atoms with E-state index in [0.29, 0.717) is 11.8 Å². The predicted molar refractivity (Wildman–Crippen MR) is 62.3 cm³/mol. The van der Waals surface area contributed by atoms with E-state index in [1.165, 1.54) is 6.07 Å². The zero-order chi connectivity index (χ0) is 11.5. The molecule has 0 spiro atoms. The minimum Gasteiger partial charge on any atom is -0.496 e. The second kappa shape index (κ2) is 4.83. The lowest BCUT2D eigenvalue weighted by molar-refractivity contribution is 0.333. The fourth-order valence-electron chi connectivity index (χ4n) is 2.47. The van der Waals surface area contributed by atoms with Gasteiger partial charge in [-0.25, -0.2) is 4.39 Å². The van der Waals surface area contributed by atoms with Gasteiger partial charge < -0.3 is 10.1 Å². The van der Waals surface area contributed by atoms with Crippen LogP contribution in [-0.4, -0.2) is 20.2 Å². The Morgan fingerprint density at radius 2 is 2.25 bits per heavy atom. The van der Waals surface area contributed by atoms with Gasteiger partial charge in [-0.3, -0.25) is 0 Å². The zero-order valence-electron chi connectivity index (χ0n) is 9.79. The van der Waals surface area contributed by atoms with Crippen molar-refractivity contribution in [3.63, 3.8) is 0 Å². The van der Waals surface area contributed by atoms with Gasteiger partial charge in [0.2, 0.25) is 0 Å². The van der Waals surface area contributed by atoms with E-state index in [1.807, 2.05) is 0 Å². The van der Waals surface area contributed by atoms with E-state index >= 15 is 0 Å². The Morgan fingerprint density at radius 3 is 2.94 bits per heavy atom. The van der Waals surface area contributed by atoms with Crippen LogP contribution >= 0.6 is 0 Å². The molecule has 1 fully saturated rings. The lowest BCUT2D eigenvalue weighted by Gasteiger charge is -2.30. The van der Waals surface area contributed by atoms with Crippen molar-refractivity contribution in [1.29, 1.82) is 0 Å². The van der Waals surface area contributed by atoms with Crippen molar-refractivity contribution in [3.8, 4) is 5.75 Å². The second-order valence-corrected chi connectivity index (χ2v) is 4.46. The number of halogens is 1. The molecule has 1 aromatic rings. The second-order valence-electron chi connectivity index (χ2n) is 4.46. The molecule has 0 bridgehead atoms. The number of hydrogen-bond donors (Lipinski definition) is 1. The van der Waals surface area contributed by atoms with Gasteiger partial charge in [-0.1, -0.05) is 6.92 Å². The highest BCUT2D eigenvalue weighted by Crippen LogP contribution is 2.36. The highest BCUT2D eigenvalue weighted by atomic mass is 19.1. The SMILES string of the molecule is COc1ccc(F)cc1C1CCNCC1C. The molecule has 1 aromatic carbocycles. The van der Waals surface area contributed by atoms with Crippen molar-refractivity contribution in [2.45, 2.75) is 19.3 Å². The van der Waals surface area contributed by atoms with Crippen LogP contribution in [0.25, 0.3) is 0 Å². The van der Waals surface area contributed by atoms with Crippen LogP contribution in [0.5, 0.6) is 5.75 Å². The van der Waals surface area contributed by atoms with Gasteiger partial charge in [0.05, 0.1) is 7.11 Å². The van der Waals surface area contributed by atoms with E-state index in [-0.39, 0.29) is 5.82 Å². The summed E-state index contributed by atoms with van der Waals surface area (Å²) in [5.41, 5.74) is 1.01. The normalized spacial score (nSPS) is 25.4. The molecule has 2 nitrogen and oxygen atoms in total. The summed E-state index contributed by atoms with van der Waals surface area (Å²) in [6.45, 7) is 4.18. The predicted octanol–water partition coefficient (Wildman–Crippen LogP) is 2.55. The summed E-state index contributed by atoms with van der Waals surface area (Å²) in [4.78, 5) is 0. The fourth-order valence-corrected chi connectivity index (χ4v) is 2.47. The Balaban J connectivity index is 2.33. The van der Waals surface area contributed by atoms with E-state index in [0.717, 1.165) is 30.8 Å². The smallest absolute Gasteiger partial charge is 0.123 e. The summed E-state index contributed by atoms with van der Waals surface area (Å²) in [5.74, 6) is 1.54. The van der Waals surface area contributed by atoms with Crippen LogP contribution in [0.1, 0.15) is 24.8 Å². The Kier molecular flexibility index (Phi) is 3.44. The van der Waals surface area contributed by atoms with Crippen molar-refractivity contribution in [2.75, 3.05) is 20.2 Å². The van der Waals surface area contributed by atoms with Gasteiger partial charge in [0.15, 0.2) is 0 Å². The van der Waals surface area contributed by atoms with Crippen LogP contribution in [0.15, 0.2) is 18.2 Å². The third kappa shape index (κ3) is 2.19. The topological polar surface area (TPSA) is 21.3 Å². The van der Waals surface area contributed by atoms with Crippen LogP contribution in [0, 0.1) is 11.7 Å². The Hall–Kier alpha value is -1.09. The Morgan fingerprint density at radius 1 is 1.44 bits per heavy atom. The third-order valence-corrected chi connectivity index (χ3v) is 3.38. The molecule has 0 radical (unpaired) electrons. The molecule has 3 heteroatoms. The van der Waals surface area contributed by atoms with Crippen LogP contribution in [-0.2, 0) is 0 Å². The molecule has 0 amide bonds. The number of benzene rings is 1. The summed E-state index contributed by atoms with van der Waals surface area (Å²) in [7, 11) is 1.64. The van der Waals surface area contributed by atoms with Gasteiger partial charge in [-0.05, 0) is 49.5 Å². The highest BCUT2D eigenvalue weighted by molar-refractivity contribution is 5.37. The first-order chi connectivity index (χ1) is 7.72. The molecule has 0 aromatic heterocycles. The monoisotopic (exact) mass is 223 g/mol. The van der Waals surface area contributed by atoms with Crippen molar-refractivity contribution >= 4 is 0 Å². The number of ether oxygens (including phenoxy) is 1. The van der Waals surface area contributed by atoms with Gasteiger partial charge in [0, 0.05) is 5.56 Å². The van der Waals surface area contributed by atoms with Crippen molar-refractivity contribution in [1.82, 2.24) is 5.32 Å². The van der Waals surface area contributed by atoms with Gasteiger partial charge in [0.25, 0.3) is 0 Å². The van der Waals surface area contributed by atoms with Gasteiger partial charge >= 0.3 is 0 Å². The quantitative estimate of drug-likeness (QED) is 0.832. The summed E-state index contributed by atoms with van der Waals surface area (Å²) in [6, 6.07) is 4.79. The first kappa shape index (κ1) is 11.4. The minimum absolute atomic E-state index is 0.179. The lowest BCUT2D eigenvalue weighted by Crippen LogP contribution is -2.33. The van der Waals surface area contributed by atoms with Gasteiger partial charge in [-0.15, -0.1) is 0 Å². The maximum atomic E-state index is 13.3. The van der Waals surface area contributed by atoms with Crippen molar-refractivity contribution in [2.24, 2.45) is 5.92 Å². The molecule has 1 heterocycles. The third-order valence-electron chi connectivity index (χ3n) is 3.38. The highest BCUT2D eigenvalue weighted by Gasteiger charge is 2.25. The fraction of sp³-hybridized carbons (Fsp3) is 0.538. The molecule has 0 saturated carbocycles. The molecule has 0 aliphatic carbocycles. The van der Waals surface area contributed by atoms with E-state index in [9.17, 15) is 4.39 Å². The van der Waals surface area contributed by atoms with Crippen LogP contribution in [0.2, 0.25) is 0 Å². The van der Waals surface area contributed by atoms with Crippen LogP contribution < -0.4 is 10.1 Å². The molecule has 2 rings (SSSR count). The maximum absolute atomic E-state index is 13.3. The first-order valence-electron chi connectivity index (χ1n) is 5.76. The van der Waals surface area contributed by atoms with Gasteiger partial charge in [0.1, 0.15) is 11.6 Å². The average Bonchev–Trinajstić information content (AvgIpc) is 2.29. The Bertz CT molecular complexity index is 367. The molecule has 88 valence electrons. The minimum atomic E-state index is -0.179. The maximum Gasteiger partial charge on any atom is 0.123 e. The number of methoxy groups -OCH3 is 1. The molecule has 16 heavy (non-hydrogen) atoms. The molecule has 1 N–H and O–H groups in total. The molecule has 2 unspecified atom stereocenters. The summed E-state index contributed by atoms with van der Waals surface area (Å²) in [6.07, 6.45) is 1.04. The standard InChI is InChI=1S/C13H18FNO/c1-9-8-15-6-5-11(9)12-7-10(14)3-4-13(12)16-2/h3-4,7,9,11,15H,5-6,8H2,1-2H3. The van der Waals surface area contributed by atoms with Gasteiger partial charge in [-0.2, -0.15) is 0 Å². The van der Waals surface area contributed by atoms with E-state index in [1.54, 1.807) is 19.2 Å². The lowest BCUT2D eigenvalue weighted by atomic mass is 9.82. The van der Waals surface area contributed by atoms with Crippen LogP contribution in [0.3, 0.4) is 0 Å². The molecule has 1 saturated heterocycles. The number of rotatable bonds is 2. The summed E-state index contributed by atoms with van der Waals surface area (Å²) >= 11 is 0. The van der Waals surface area contributed by atoms with E-state index < -0.39 is 0 Å². The average molecular weight is 223 g/mol. The molecular weight excluding hydrogens is 205 g/mol.